The van der Waals surface area contributed by atoms with E-state index >= 15 is 0 Å². The average Bonchev–Trinajstić information content (AvgIpc) is 3.24. The number of anilines is 3. The normalized spacial score (nSPS) is 17.0. The molecule has 31 heavy (non-hydrogen) atoms. The highest BCUT2D eigenvalue weighted by molar-refractivity contribution is 6.31. The Morgan fingerprint density at radius 1 is 0.935 bits per heavy atom. The number of hydrogen-bond donors (Lipinski definition) is 3. The van der Waals surface area contributed by atoms with E-state index in [9.17, 15) is 14.4 Å². The lowest BCUT2D eigenvalue weighted by molar-refractivity contribution is -0.117. The van der Waals surface area contributed by atoms with E-state index in [1.165, 1.54) is 18.4 Å². The van der Waals surface area contributed by atoms with Crippen LogP contribution in [0.1, 0.15) is 34.3 Å². The van der Waals surface area contributed by atoms with Gasteiger partial charge in [0.1, 0.15) is 0 Å². The van der Waals surface area contributed by atoms with E-state index in [4.69, 9.17) is 16.0 Å². The summed E-state index contributed by atoms with van der Waals surface area (Å²) >= 11 is 6.05. The summed E-state index contributed by atoms with van der Waals surface area (Å²) in [4.78, 5) is 37.0. The highest BCUT2D eigenvalue weighted by Crippen LogP contribution is 2.38. The lowest BCUT2D eigenvalue weighted by Gasteiger charge is -2.13. The molecule has 0 spiro atoms. The van der Waals surface area contributed by atoms with E-state index in [-0.39, 0.29) is 23.5 Å². The van der Waals surface area contributed by atoms with Crippen molar-refractivity contribution < 1.29 is 18.8 Å². The highest BCUT2D eigenvalue weighted by atomic mass is 35.5. The standard InChI is InChI=1S/C23H20ClN3O4/c1-13-11-17(13)22(29)25-16-7-4-14(5-8-16)21(28)26-18-9-6-15(24)12-19(18)27-23(30)20-3-2-10-31-20/h2-10,12-13,17H,11H2,1H3,(H,25,29)(H,26,28)(H,27,30). The molecular formula is C23H20ClN3O4. The molecule has 2 atom stereocenters. The van der Waals surface area contributed by atoms with Crippen LogP contribution in [0.15, 0.2) is 65.3 Å². The molecule has 158 valence electrons. The van der Waals surface area contributed by atoms with Gasteiger partial charge in [-0.1, -0.05) is 18.5 Å². The maximum atomic E-state index is 12.7. The molecule has 1 fully saturated rings. The number of furan rings is 1. The number of hydrogen-bond acceptors (Lipinski definition) is 4. The predicted molar refractivity (Wildman–Crippen MR) is 118 cm³/mol. The zero-order valence-electron chi connectivity index (χ0n) is 16.6. The van der Waals surface area contributed by atoms with Gasteiger partial charge in [-0.05, 0) is 66.9 Å². The summed E-state index contributed by atoms with van der Waals surface area (Å²) < 4.78 is 5.09. The fourth-order valence-corrected chi connectivity index (χ4v) is 3.31. The van der Waals surface area contributed by atoms with Gasteiger partial charge in [0.2, 0.25) is 5.91 Å². The SMILES string of the molecule is CC1CC1C(=O)Nc1ccc(C(=O)Nc2ccc(Cl)cc2NC(=O)c2ccco2)cc1. The number of benzene rings is 2. The van der Waals surface area contributed by atoms with E-state index in [2.05, 4.69) is 16.0 Å². The smallest absolute Gasteiger partial charge is 0.291 e. The van der Waals surface area contributed by atoms with Gasteiger partial charge in [0, 0.05) is 22.2 Å². The van der Waals surface area contributed by atoms with Crippen LogP contribution in [0.3, 0.4) is 0 Å². The summed E-state index contributed by atoms with van der Waals surface area (Å²) in [6.45, 7) is 2.04. The summed E-state index contributed by atoms with van der Waals surface area (Å²) in [6, 6.07) is 14.5. The van der Waals surface area contributed by atoms with Crippen LogP contribution in [-0.2, 0) is 4.79 Å². The molecule has 1 aliphatic carbocycles. The minimum Gasteiger partial charge on any atom is -0.459 e. The second-order valence-electron chi connectivity index (χ2n) is 7.46. The fraction of sp³-hybridized carbons (Fsp3) is 0.174. The van der Waals surface area contributed by atoms with E-state index in [1.807, 2.05) is 6.92 Å². The van der Waals surface area contributed by atoms with Crippen molar-refractivity contribution in [3.8, 4) is 0 Å². The first-order chi connectivity index (χ1) is 14.9. The monoisotopic (exact) mass is 437 g/mol. The second kappa shape index (κ2) is 8.65. The third kappa shape index (κ3) is 4.95. The van der Waals surface area contributed by atoms with Gasteiger partial charge >= 0.3 is 0 Å². The molecule has 1 aliphatic rings. The van der Waals surface area contributed by atoms with Crippen LogP contribution < -0.4 is 16.0 Å². The first-order valence-electron chi connectivity index (χ1n) is 9.77. The molecule has 0 saturated heterocycles. The van der Waals surface area contributed by atoms with Crippen LogP contribution in [0.25, 0.3) is 0 Å². The molecule has 4 rings (SSSR count). The molecule has 3 aromatic rings. The van der Waals surface area contributed by atoms with Crippen molar-refractivity contribution in [3.05, 3.63) is 77.2 Å². The van der Waals surface area contributed by atoms with E-state index in [0.717, 1.165) is 6.42 Å². The van der Waals surface area contributed by atoms with Crippen molar-refractivity contribution in [2.75, 3.05) is 16.0 Å². The molecule has 7 nitrogen and oxygen atoms in total. The molecule has 8 heteroatoms. The molecule has 1 heterocycles. The molecule has 0 radical (unpaired) electrons. The molecular weight excluding hydrogens is 418 g/mol. The molecule has 3 N–H and O–H groups in total. The quantitative estimate of drug-likeness (QED) is 0.503. The largest absolute Gasteiger partial charge is 0.459 e. The third-order valence-corrected chi connectivity index (χ3v) is 5.32. The summed E-state index contributed by atoms with van der Waals surface area (Å²) in [5.74, 6) is -0.203. The minimum absolute atomic E-state index is 0.00260. The number of nitrogens with one attached hydrogen (secondary N) is 3. The van der Waals surface area contributed by atoms with Crippen LogP contribution in [0.4, 0.5) is 17.1 Å². The zero-order chi connectivity index (χ0) is 22.0. The molecule has 1 aromatic heterocycles. The lowest BCUT2D eigenvalue weighted by Crippen LogP contribution is -2.17. The van der Waals surface area contributed by atoms with Crippen LogP contribution >= 0.6 is 11.6 Å². The minimum atomic E-state index is -0.465. The second-order valence-corrected chi connectivity index (χ2v) is 7.90. The Labute approximate surface area is 183 Å². The molecule has 2 unspecified atom stereocenters. The summed E-state index contributed by atoms with van der Waals surface area (Å²) in [6.07, 6.45) is 2.30. The number of halogens is 1. The van der Waals surface area contributed by atoms with E-state index in [0.29, 0.717) is 33.6 Å². The highest BCUT2D eigenvalue weighted by Gasteiger charge is 2.39. The van der Waals surface area contributed by atoms with Gasteiger partial charge in [-0.25, -0.2) is 0 Å². The van der Waals surface area contributed by atoms with E-state index < -0.39 is 5.91 Å². The molecule has 1 saturated carbocycles. The van der Waals surface area contributed by atoms with Crippen molar-refractivity contribution in [2.24, 2.45) is 11.8 Å². The number of carbonyl (C=O) groups is 3. The predicted octanol–water partition coefficient (Wildman–Crippen LogP) is 5.03. The van der Waals surface area contributed by atoms with Gasteiger partial charge in [0.15, 0.2) is 5.76 Å². The summed E-state index contributed by atoms with van der Waals surface area (Å²) in [5.41, 5.74) is 1.76. The Kier molecular flexibility index (Phi) is 5.77. The Morgan fingerprint density at radius 3 is 2.29 bits per heavy atom. The van der Waals surface area contributed by atoms with Crippen molar-refractivity contribution in [3.63, 3.8) is 0 Å². The van der Waals surface area contributed by atoms with Gasteiger partial charge in [-0.3, -0.25) is 14.4 Å². The molecule has 2 aromatic carbocycles. The van der Waals surface area contributed by atoms with Crippen molar-refractivity contribution in [1.82, 2.24) is 0 Å². The zero-order valence-corrected chi connectivity index (χ0v) is 17.4. The van der Waals surface area contributed by atoms with Crippen molar-refractivity contribution in [2.45, 2.75) is 13.3 Å². The van der Waals surface area contributed by atoms with Crippen LogP contribution in [0.2, 0.25) is 5.02 Å². The number of carbonyl (C=O) groups excluding carboxylic acids is 3. The van der Waals surface area contributed by atoms with Gasteiger partial charge in [0.05, 0.1) is 17.6 Å². The molecule has 3 amide bonds. The molecule has 0 bridgehead atoms. The van der Waals surface area contributed by atoms with Crippen LogP contribution in [0.5, 0.6) is 0 Å². The third-order valence-electron chi connectivity index (χ3n) is 5.08. The maximum absolute atomic E-state index is 12.7. The number of rotatable bonds is 6. The van der Waals surface area contributed by atoms with Gasteiger partial charge in [0.25, 0.3) is 11.8 Å². The Bertz CT molecular complexity index is 1130. The van der Waals surface area contributed by atoms with Crippen molar-refractivity contribution in [1.29, 1.82) is 0 Å². The van der Waals surface area contributed by atoms with Gasteiger partial charge in [-0.15, -0.1) is 0 Å². The molecule has 0 aliphatic heterocycles. The maximum Gasteiger partial charge on any atom is 0.291 e. The van der Waals surface area contributed by atoms with E-state index in [1.54, 1.807) is 42.5 Å². The Hall–Kier alpha value is -3.58. The average molecular weight is 438 g/mol. The van der Waals surface area contributed by atoms with Gasteiger partial charge in [-0.2, -0.15) is 0 Å². The first-order valence-corrected chi connectivity index (χ1v) is 10.1. The number of amides is 3. The lowest BCUT2D eigenvalue weighted by atomic mass is 10.1. The summed E-state index contributed by atoms with van der Waals surface area (Å²) in [7, 11) is 0. The topological polar surface area (TPSA) is 100 Å². The summed E-state index contributed by atoms with van der Waals surface area (Å²) in [5, 5.41) is 8.71. The fourth-order valence-electron chi connectivity index (χ4n) is 3.14. The Balaban J connectivity index is 1.44. The van der Waals surface area contributed by atoms with Gasteiger partial charge < -0.3 is 20.4 Å². The van der Waals surface area contributed by atoms with Crippen LogP contribution in [-0.4, -0.2) is 17.7 Å². The Morgan fingerprint density at radius 2 is 1.65 bits per heavy atom. The first kappa shape index (κ1) is 20.7. The van der Waals surface area contributed by atoms with Crippen molar-refractivity contribution >= 4 is 46.4 Å². The van der Waals surface area contributed by atoms with Crippen LogP contribution in [0, 0.1) is 11.8 Å².